The summed E-state index contributed by atoms with van der Waals surface area (Å²) in [5.41, 5.74) is 0.436. The first-order valence-electron chi connectivity index (χ1n) is 6.57. The highest BCUT2D eigenvalue weighted by Gasteiger charge is 2.29. The molecule has 1 amide bonds. The molecule has 0 aliphatic heterocycles. The zero-order valence-electron chi connectivity index (χ0n) is 11.5. The quantitative estimate of drug-likeness (QED) is 0.847. The Morgan fingerprint density at radius 2 is 1.68 bits per heavy atom. The lowest BCUT2D eigenvalue weighted by molar-refractivity contribution is -0.137. The SMILES string of the molecule is O=C(CCc1ccccc1Cl)Nc1ccc(C(F)(F)F)cc1. The summed E-state index contributed by atoms with van der Waals surface area (Å²) in [5.74, 6) is -0.278. The highest BCUT2D eigenvalue weighted by molar-refractivity contribution is 6.31. The van der Waals surface area contributed by atoms with E-state index in [-0.39, 0.29) is 12.3 Å². The molecule has 2 aromatic carbocycles. The molecule has 2 rings (SSSR count). The van der Waals surface area contributed by atoms with Gasteiger partial charge in [-0.25, -0.2) is 0 Å². The Morgan fingerprint density at radius 1 is 1.05 bits per heavy atom. The van der Waals surface area contributed by atoms with Gasteiger partial charge in [-0.15, -0.1) is 0 Å². The van der Waals surface area contributed by atoms with E-state index in [1.807, 2.05) is 12.1 Å². The minimum absolute atomic E-state index is 0.199. The summed E-state index contributed by atoms with van der Waals surface area (Å²) in [7, 11) is 0. The number of nitrogens with one attached hydrogen (secondary N) is 1. The molecule has 116 valence electrons. The second kappa shape index (κ2) is 6.83. The molecule has 0 aliphatic rings. The predicted molar refractivity (Wildman–Crippen MR) is 79.8 cm³/mol. The molecule has 6 heteroatoms. The molecule has 0 radical (unpaired) electrons. The maximum Gasteiger partial charge on any atom is 0.416 e. The first-order valence-corrected chi connectivity index (χ1v) is 6.94. The van der Waals surface area contributed by atoms with Crippen molar-refractivity contribution in [3.63, 3.8) is 0 Å². The lowest BCUT2D eigenvalue weighted by atomic mass is 10.1. The van der Waals surface area contributed by atoms with Gasteiger partial charge in [-0.05, 0) is 42.3 Å². The van der Waals surface area contributed by atoms with E-state index in [0.717, 1.165) is 17.7 Å². The Hall–Kier alpha value is -2.01. The summed E-state index contributed by atoms with van der Waals surface area (Å²) in [6.45, 7) is 0. The van der Waals surface area contributed by atoms with Crippen LogP contribution in [0.2, 0.25) is 5.02 Å². The van der Waals surface area contributed by atoms with Gasteiger partial charge < -0.3 is 5.32 Å². The second-order valence-corrected chi connectivity index (χ2v) is 5.12. The maximum absolute atomic E-state index is 12.4. The standard InChI is InChI=1S/C16H13ClF3NO/c17-14-4-2-1-3-11(14)5-10-15(22)21-13-8-6-12(7-9-13)16(18,19)20/h1-4,6-9H,5,10H2,(H,21,22). The van der Waals surface area contributed by atoms with Crippen LogP contribution in [0.15, 0.2) is 48.5 Å². The van der Waals surface area contributed by atoms with Gasteiger partial charge in [0.1, 0.15) is 0 Å². The fraction of sp³-hybridized carbons (Fsp3) is 0.188. The minimum Gasteiger partial charge on any atom is -0.326 e. The van der Waals surface area contributed by atoms with Gasteiger partial charge in [0.25, 0.3) is 0 Å². The van der Waals surface area contributed by atoms with Crippen LogP contribution in [0, 0.1) is 0 Å². The molecule has 0 aromatic heterocycles. The third-order valence-electron chi connectivity index (χ3n) is 3.08. The van der Waals surface area contributed by atoms with Crippen molar-refractivity contribution in [1.82, 2.24) is 0 Å². The summed E-state index contributed by atoms with van der Waals surface area (Å²) in [6.07, 6.45) is -3.72. The number of benzene rings is 2. The monoisotopic (exact) mass is 327 g/mol. The molecular formula is C16H13ClF3NO. The summed E-state index contributed by atoms with van der Waals surface area (Å²) >= 11 is 5.99. The maximum atomic E-state index is 12.4. The number of carbonyl (C=O) groups excluding carboxylic acids is 1. The summed E-state index contributed by atoms with van der Waals surface area (Å²) in [4.78, 5) is 11.8. The van der Waals surface area contributed by atoms with Crippen LogP contribution in [0.1, 0.15) is 17.5 Å². The van der Waals surface area contributed by atoms with Crippen molar-refractivity contribution in [2.75, 3.05) is 5.32 Å². The number of hydrogen-bond donors (Lipinski definition) is 1. The van der Waals surface area contributed by atoms with E-state index in [0.29, 0.717) is 17.1 Å². The molecule has 0 spiro atoms. The van der Waals surface area contributed by atoms with E-state index in [2.05, 4.69) is 5.32 Å². The van der Waals surface area contributed by atoms with Gasteiger partial charge in [0.15, 0.2) is 0 Å². The average Bonchev–Trinajstić information content (AvgIpc) is 2.46. The van der Waals surface area contributed by atoms with E-state index in [4.69, 9.17) is 11.6 Å². The number of carbonyl (C=O) groups is 1. The normalized spacial score (nSPS) is 11.3. The molecule has 0 saturated heterocycles. The Bertz CT molecular complexity index is 653. The number of amides is 1. The lowest BCUT2D eigenvalue weighted by Gasteiger charge is -2.09. The van der Waals surface area contributed by atoms with Gasteiger partial charge in [-0.1, -0.05) is 29.8 Å². The topological polar surface area (TPSA) is 29.1 Å². The Balaban J connectivity index is 1.91. The fourth-order valence-electron chi connectivity index (χ4n) is 1.92. The van der Waals surface area contributed by atoms with E-state index >= 15 is 0 Å². The first-order chi connectivity index (χ1) is 10.4. The molecule has 0 heterocycles. The largest absolute Gasteiger partial charge is 0.416 e. The zero-order valence-corrected chi connectivity index (χ0v) is 12.2. The van der Waals surface area contributed by atoms with Gasteiger partial charge in [0.2, 0.25) is 5.91 Å². The Morgan fingerprint density at radius 3 is 2.27 bits per heavy atom. The number of rotatable bonds is 4. The van der Waals surface area contributed by atoms with Crippen LogP contribution in [0.3, 0.4) is 0 Å². The van der Waals surface area contributed by atoms with Gasteiger partial charge in [0.05, 0.1) is 5.56 Å². The number of anilines is 1. The number of hydrogen-bond acceptors (Lipinski definition) is 1. The van der Waals surface area contributed by atoms with E-state index in [1.165, 1.54) is 12.1 Å². The molecule has 0 saturated carbocycles. The summed E-state index contributed by atoms with van der Waals surface area (Å²) < 4.78 is 37.3. The third kappa shape index (κ3) is 4.49. The molecule has 0 atom stereocenters. The van der Waals surface area contributed by atoms with Crippen molar-refractivity contribution in [2.24, 2.45) is 0 Å². The van der Waals surface area contributed by atoms with Crippen molar-refractivity contribution in [3.8, 4) is 0 Å². The summed E-state index contributed by atoms with van der Waals surface area (Å²) in [6, 6.07) is 11.5. The molecule has 0 fully saturated rings. The van der Waals surface area contributed by atoms with E-state index in [9.17, 15) is 18.0 Å². The molecule has 1 N–H and O–H groups in total. The first kappa shape index (κ1) is 16.4. The van der Waals surface area contributed by atoms with E-state index in [1.54, 1.807) is 12.1 Å². The van der Waals surface area contributed by atoms with Crippen LogP contribution in [0.25, 0.3) is 0 Å². The molecule has 0 aliphatic carbocycles. The molecule has 0 unspecified atom stereocenters. The number of aryl methyl sites for hydroxylation is 1. The Kier molecular flexibility index (Phi) is 5.08. The number of alkyl halides is 3. The van der Waals surface area contributed by atoms with Crippen molar-refractivity contribution in [3.05, 3.63) is 64.7 Å². The van der Waals surface area contributed by atoms with E-state index < -0.39 is 11.7 Å². The highest BCUT2D eigenvalue weighted by Crippen LogP contribution is 2.29. The van der Waals surface area contributed by atoms with Crippen molar-refractivity contribution < 1.29 is 18.0 Å². The second-order valence-electron chi connectivity index (χ2n) is 4.71. The van der Waals surface area contributed by atoms with Crippen molar-refractivity contribution in [1.29, 1.82) is 0 Å². The highest BCUT2D eigenvalue weighted by atomic mass is 35.5. The van der Waals surface area contributed by atoms with Gasteiger partial charge in [-0.2, -0.15) is 13.2 Å². The average molecular weight is 328 g/mol. The van der Waals surface area contributed by atoms with Crippen LogP contribution in [-0.2, 0) is 17.4 Å². The Labute approximate surface area is 130 Å². The smallest absolute Gasteiger partial charge is 0.326 e. The zero-order chi connectivity index (χ0) is 16.2. The van der Waals surface area contributed by atoms with Crippen LogP contribution < -0.4 is 5.32 Å². The molecule has 2 nitrogen and oxygen atoms in total. The molecule has 22 heavy (non-hydrogen) atoms. The molecule has 2 aromatic rings. The van der Waals surface area contributed by atoms with Crippen LogP contribution in [0.5, 0.6) is 0 Å². The molecular weight excluding hydrogens is 315 g/mol. The predicted octanol–water partition coefficient (Wildman–Crippen LogP) is 4.93. The van der Waals surface area contributed by atoms with Crippen LogP contribution >= 0.6 is 11.6 Å². The van der Waals surface area contributed by atoms with Crippen LogP contribution in [-0.4, -0.2) is 5.91 Å². The lowest BCUT2D eigenvalue weighted by Crippen LogP contribution is -2.13. The van der Waals surface area contributed by atoms with Gasteiger partial charge in [-0.3, -0.25) is 4.79 Å². The third-order valence-corrected chi connectivity index (χ3v) is 3.44. The van der Waals surface area contributed by atoms with Crippen molar-refractivity contribution >= 4 is 23.2 Å². The summed E-state index contributed by atoms with van der Waals surface area (Å²) in [5, 5.41) is 3.15. The van der Waals surface area contributed by atoms with Crippen molar-refractivity contribution in [2.45, 2.75) is 19.0 Å². The fourth-order valence-corrected chi connectivity index (χ4v) is 2.15. The number of halogens is 4. The van der Waals surface area contributed by atoms with Gasteiger partial charge in [0, 0.05) is 17.1 Å². The van der Waals surface area contributed by atoms with Gasteiger partial charge >= 0.3 is 6.18 Å². The minimum atomic E-state index is -4.38. The van der Waals surface area contributed by atoms with Crippen LogP contribution in [0.4, 0.5) is 18.9 Å². The molecule has 0 bridgehead atoms.